The van der Waals surface area contributed by atoms with E-state index in [1.54, 1.807) is 30.3 Å². The maximum absolute atomic E-state index is 13.3. The van der Waals surface area contributed by atoms with Crippen LogP contribution in [0.3, 0.4) is 0 Å². The van der Waals surface area contributed by atoms with Crippen molar-refractivity contribution in [2.75, 3.05) is 5.32 Å². The van der Waals surface area contributed by atoms with E-state index in [9.17, 15) is 28.1 Å². The molecular weight excluding hydrogens is 507 g/mol. The minimum Gasteiger partial charge on any atom is -0.406 e. The zero-order valence-corrected chi connectivity index (χ0v) is 19.0. The second kappa shape index (κ2) is 9.61. The highest BCUT2D eigenvalue weighted by molar-refractivity contribution is 6.12. The van der Waals surface area contributed by atoms with Crippen LogP contribution in [0.15, 0.2) is 83.3 Å². The van der Waals surface area contributed by atoms with Crippen LogP contribution in [0.4, 0.5) is 24.9 Å². The van der Waals surface area contributed by atoms with Crippen LogP contribution in [0.25, 0.3) is 33.6 Å². The number of alkyl halides is 3. The first-order chi connectivity index (χ1) is 18.2. The number of hydrogen-bond donors (Lipinski definition) is 1. The highest BCUT2D eigenvalue weighted by Crippen LogP contribution is 2.31. The van der Waals surface area contributed by atoms with Crippen LogP contribution < -0.4 is 10.1 Å². The van der Waals surface area contributed by atoms with Crippen molar-refractivity contribution >= 4 is 28.5 Å². The highest BCUT2D eigenvalue weighted by Gasteiger charge is 2.31. The standard InChI is InChI=1S/C25H14F3N5O5/c26-25(27,28)38-17-10-11-20-18(12-17)19(13-21(29-20)14-4-2-1-3-5-14)22(34)30-24-32-31-23(37-24)15-6-8-16(9-7-15)33(35)36/h1-13H,(H,30,32,34). The van der Waals surface area contributed by atoms with Crippen LogP contribution in [0.1, 0.15) is 10.4 Å². The van der Waals surface area contributed by atoms with Gasteiger partial charge in [-0.3, -0.25) is 20.2 Å². The number of ether oxygens (including phenoxy) is 1. The number of anilines is 1. The molecular formula is C25H14F3N5O5. The smallest absolute Gasteiger partial charge is 0.406 e. The molecule has 3 aromatic carbocycles. The molecule has 0 atom stereocenters. The van der Waals surface area contributed by atoms with E-state index in [1.807, 2.05) is 0 Å². The highest BCUT2D eigenvalue weighted by atomic mass is 19.4. The quantitative estimate of drug-likeness (QED) is 0.212. The van der Waals surface area contributed by atoms with E-state index >= 15 is 0 Å². The first-order valence-corrected chi connectivity index (χ1v) is 10.8. The molecule has 0 spiro atoms. The molecule has 1 N–H and O–H groups in total. The third kappa shape index (κ3) is 5.26. The predicted molar refractivity (Wildman–Crippen MR) is 128 cm³/mol. The summed E-state index contributed by atoms with van der Waals surface area (Å²) in [6.45, 7) is 0. The summed E-state index contributed by atoms with van der Waals surface area (Å²) in [6, 6.07) is 18.8. The summed E-state index contributed by atoms with van der Waals surface area (Å²) < 4.78 is 47.9. The number of nitrogens with zero attached hydrogens (tertiary/aromatic N) is 4. The monoisotopic (exact) mass is 521 g/mol. The lowest BCUT2D eigenvalue weighted by Gasteiger charge is -2.12. The Labute approximate surface area is 210 Å². The number of nitrogens with one attached hydrogen (secondary N) is 1. The van der Waals surface area contributed by atoms with Gasteiger partial charge in [-0.25, -0.2) is 4.98 Å². The number of non-ortho nitro benzene ring substituents is 1. The molecule has 2 aromatic heterocycles. The van der Waals surface area contributed by atoms with Crippen molar-refractivity contribution in [3.63, 3.8) is 0 Å². The number of halogens is 3. The van der Waals surface area contributed by atoms with Crippen molar-refractivity contribution in [1.82, 2.24) is 15.2 Å². The molecule has 0 unspecified atom stereocenters. The number of rotatable bonds is 6. The van der Waals surface area contributed by atoms with Gasteiger partial charge in [-0.2, -0.15) is 0 Å². The van der Waals surface area contributed by atoms with Gasteiger partial charge in [-0.1, -0.05) is 35.4 Å². The molecule has 0 aliphatic rings. The van der Waals surface area contributed by atoms with Crippen LogP contribution in [0.5, 0.6) is 5.75 Å². The summed E-state index contributed by atoms with van der Waals surface area (Å²) in [7, 11) is 0. The maximum atomic E-state index is 13.3. The molecule has 0 radical (unpaired) electrons. The van der Waals surface area contributed by atoms with Crippen LogP contribution in [0, 0.1) is 10.1 Å². The third-order valence-electron chi connectivity index (χ3n) is 5.30. The van der Waals surface area contributed by atoms with Crippen molar-refractivity contribution in [2.45, 2.75) is 6.36 Å². The Hall–Kier alpha value is -5.33. The molecule has 0 bridgehead atoms. The average Bonchev–Trinajstić information content (AvgIpc) is 3.36. The summed E-state index contributed by atoms with van der Waals surface area (Å²) in [5.74, 6) is -1.29. The molecule has 0 saturated heterocycles. The van der Waals surface area contributed by atoms with E-state index in [-0.39, 0.29) is 34.1 Å². The van der Waals surface area contributed by atoms with Crippen LogP contribution in [0.2, 0.25) is 0 Å². The Morgan fingerprint density at radius 1 is 0.947 bits per heavy atom. The largest absolute Gasteiger partial charge is 0.573 e. The number of amides is 1. The Bertz CT molecular complexity index is 1650. The molecule has 38 heavy (non-hydrogen) atoms. The zero-order valence-electron chi connectivity index (χ0n) is 19.0. The number of pyridine rings is 1. The van der Waals surface area contributed by atoms with Gasteiger partial charge in [0.2, 0.25) is 5.89 Å². The van der Waals surface area contributed by atoms with Gasteiger partial charge in [0, 0.05) is 28.6 Å². The lowest BCUT2D eigenvalue weighted by Crippen LogP contribution is -2.17. The number of hydrogen-bond acceptors (Lipinski definition) is 8. The van der Waals surface area contributed by atoms with E-state index in [0.717, 1.165) is 12.1 Å². The second-order valence-electron chi connectivity index (χ2n) is 7.82. The number of carbonyl (C=O) groups excluding carboxylic acids is 1. The van der Waals surface area contributed by atoms with E-state index in [2.05, 4.69) is 25.2 Å². The Morgan fingerprint density at radius 3 is 2.37 bits per heavy atom. The number of fused-ring (bicyclic) bond motifs is 1. The summed E-state index contributed by atoms with van der Waals surface area (Å²) in [5, 5.41) is 21.0. The van der Waals surface area contributed by atoms with Crippen molar-refractivity contribution in [3.8, 4) is 28.5 Å². The molecule has 0 aliphatic heterocycles. The first kappa shape index (κ1) is 24.4. The van der Waals surface area contributed by atoms with Crippen molar-refractivity contribution in [1.29, 1.82) is 0 Å². The Balaban J connectivity index is 1.50. The summed E-state index contributed by atoms with van der Waals surface area (Å²) in [6.07, 6.45) is -4.93. The predicted octanol–water partition coefficient (Wildman–Crippen LogP) is 6.01. The SMILES string of the molecule is O=C(Nc1nnc(-c2ccc([N+](=O)[O-])cc2)o1)c1cc(-c2ccccc2)nc2ccc(OC(F)(F)F)cc12. The minimum atomic E-state index is -4.93. The first-order valence-electron chi connectivity index (χ1n) is 10.8. The minimum absolute atomic E-state index is 0.0133. The zero-order chi connectivity index (χ0) is 26.9. The third-order valence-corrected chi connectivity index (χ3v) is 5.30. The van der Waals surface area contributed by atoms with Gasteiger partial charge in [0.05, 0.1) is 21.7 Å². The van der Waals surface area contributed by atoms with Crippen molar-refractivity contribution in [3.05, 3.63) is 94.5 Å². The topological polar surface area (TPSA) is 133 Å². The van der Waals surface area contributed by atoms with Gasteiger partial charge in [0.1, 0.15) is 5.75 Å². The Morgan fingerprint density at radius 2 is 1.68 bits per heavy atom. The van der Waals surface area contributed by atoms with Gasteiger partial charge < -0.3 is 9.15 Å². The fourth-order valence-electron chi connectivity index (χ4n) is 3.63. The average molecular weight is 521 g/mol. The molecule has 5 rings (SSSR count). The van der Waals surface area contributed by atoms with E-state index in [1.165, 1.54) is 36.4 Å². The number of nitro groups is 1. The van der Waals surface area contributed by atoms with Gasteiger partial charge in [-0.15, -0.1) is 18.3 Å². The summed E-state index contributed by atoms with van der Waals surface area (Å²) in [5.41, 5.74) is 1.56. The van der Waals surface area contributed by atoms with Crippen LogP contribution in [-0.4, -0.2) is 32.4 Å². The molecule has 190 valence electrons. The molecule has 0 aliphatic carbocycles. The summed E-state index contributed by atoms with van der Waals surface area (Å²) in [4.78, 5) is 28.0. The van der Waals surface area contributed by atoms with Gasteiger partial charge in [0.25, 0.3) is 11.6 Å². The van der Waals surface area contributed by atoms with E-state index in [0.29, 0.717) is 16.8 Å². The molecule has 0 saturated carbocycles. The molecule has 5 aromatic rings. The van der Waals surface area contributed by atoms with Crippen LogP contribution >= 0.6 is 0 Å². The maximum Gasteiger partial charge on any atom is 0.573 e. The number of aromatic nitrogens is 3. The molecule has 0 fully saturated rings. The van der Waals surface area contributed by atoms with Gasteiger partial charge in [-0.05, 0) is 36.4 Å². The van der Waals surface area contributed by atoms with Crippen molar-refractivity contribution in [2.24, 2.45) is 0 Å². The number of carbonyl (C=O) groups is 1. The fourth-order valence-corrected chi connectivity index (χ4v) is 3.63. The molecule has 10 nitrogen and oxygen atoms in total. The molecule has 13 heteroatoms. The number of benzene rings is 3. The Kier molecular flexibility index (Phi) is 6.16. The second-order valence-corrected chi connectivity index (χ2v) is 7.82. The lowest BCUT2D eigenvalue weighted by atomic mass is 10.0. The molecule has 1 amide bonds. The molecule has 2 heterocycles. The van der Waals surface area contributed by atoms with Crippen LogP contribution in [-0.2, 0) is 0 Å². The summed E-state index contributed by atoms with van der Waals surface area (Å²) >= 11 is 0. The van der Waals surface area contributed by atoms with E-state index < -0.39 is 22.9 Å². The van der Waals surface area contributed by atoms with Gasteiger partial charge in [0.15, 0.2) is 0 Å². The number of nitro benzene ring substituents is 1. The van der Waals surface area contributed by atoms with E-state index in [4.69, 9.17) is 4.42 Å². The lowest BCUT2D eigenvalue weighted by molar-refractivity contribution is -0.384. The fraction of sp³-hybridized carbons (Fsp3) is 0.0400. The van der Waals surface area contributed by atoms with Crippen molar-refractivity contribution < 1.29 is 32.0 Å². The normalized spacial score (nSPS) is 11.3. The van der Waals surface area contributed by atoms with Gasteiger partial charge >= 0.3 is 12.4 Å².